The van der Waals surface area contributed by atoms with Crippen molar-refractivity contribution in [2.24, 2.45) is 5.92 Å². The van der Waals surface area contributed by atoms with Crippen LogP contribution >= 0.6 is 0 Å². The van der Waals surface area contributed by atoms with Crippen LogP contribution in [0.5, 0.6) is 0 Å². The molecule has 0 spiro atoms. The molecule has 2 nitrogen and oxygen atoms in total. The Balaban J connectivity index is 1.90. The molecule has 1 rings (SSSR count). The smallest absolute Gasteiger partial charge is 0.00224 e. The molecule has 0 unspecified atom stereocenters. The average molecular weight is 170 g/mol. The quantitative estimate of drug-likeness (QED) is 0.669. The predicted octanol–water partition coefficient (Wildman–Crippen LogP) is 1.33. The summed E-state index contributed by atoms with van der Waals surface area (Å²) in [5.74, 6) is 0.969. The van der Waals surface area contributed by atoms with Crippen LogP contribution in [0, 0.1) is 5.92 Å². The van der Waals surface area contributed by atoms with Crippen LogP contribution in [-0.2, 0) is 0 Å². The van der Waals surface area contributed by atoms with Gasteiger partial charge in [0.2, 0.25) is 0 Å². The molecular weight excluding hydrogens is 148 g/mol. The zero-order chi connectivity index (χ0) is 8.97. The minimum absolute atomic E-state index is 0.646. The van der Waals surface area contributed by atoms with Crippen LogP contribution in [-0.4, -0.2) is 37.1 Å². The van der Waals surface area contributed by atoms with Crippen molar-refractivity contribution >= 4 is 0 Å². The molecule has 0 amide bonds. The normalized spacial score (nSPS) is 20.0. The Bertz CT molecular complexity index is 117. The van der Waals surface area contributed by atoms with Crippen molar-refractivity contribution in [2.45, 2.75) is 33.2 Å². The average Bonchev–Trinajstić information content (AvgIpc) is 1.93. The number of likely N-dealkylation sites (tertiary alicyclic amines) is 1. The summed E-state index contributed by atoms with van der Waals surface area (Å²) in [6.07, 6.45) is 1.36. The number of nitrogens with one attached hydrogen (secondary N) is 1. The Morgan fingerprint density at radius 3 is 2.58 bits per heavy atom. The van der Waals surface area contributed by atoms with E-state index in [0.29, 0.717) is 6.04 Å². The molecule has 12 heavy (non-hydrogen) atoms. The highest BCUT2D eigenvalue weighted by molar-refractivity contribution is 4.79. The molecule has 0 aromatic heterocycles. The van der Waals surface area contributed by atoms with Gasteiger partial charge in [0.05, 0.1) is 0 Å². The van der Waals surface area contributed by atoms with Crippen LogP contribution in [0.25, 0.3) is 0 Å². The van der Waals surface area contributed by atoms with E-state index in [-0.39, 0.29) is 0 Å². The molecule has 0 aromatic carbocycles. The highest BCUT2D eigenvalue weighted by atomic mass is 15.2. The van der Waals surface area contributed by atoms with Crippen LogP contribution in [0.1, 0.15) is 27.2 Å². The predicted molar refractivity (Wildman–Crippen MR) is 53.4 cm³/mol. The van der Waals surface area contributed by atoms with Gasteiger partial charge in [-0.15, -0.1) is 0 Å². The van der Waals surface area contributed by atoms with E-state index in [2.05, 4.69) is 31.0 Å². The van der Waals surface area contributed by atoms with Crippen molar-refractivity contribution in [3.05, 3.63) is 0 Å². The highest BCUT2D eigenvalue weighted by Gasteiger charge is 2.23. The second-order valence-electron chi connectivity index (χ2n) is 4.12. The Kier molecular flexibility index (Phi) is 4.02. The van der Waals surface area contributed by atoms with Crippen LogP contribution in [0.3, 0.4) is 0 Å². The standard InChI is InChI=1S/C10H22N2/c1-4-12-7-10(8-12)5-6-11-9(2)3/h9-11H,4-8H2,1-3H3. The van der Waals surface area contributed by atoms with E-state index in [1.165, 1.54) is 32.6 Å². The van der Waals surface area contributed by atoms with Gasteiger partial charge in [0, 0.05) is 19.1 Å². The maximum atomic E-state index is 3.46. The fourth-order valence-electron chi connectivity index (χ4n) is 1.69. The second-order valence-corrected chi connectivity index (χ2v) is 4.12. The van der Waals surface area contributed by atoms with Crippen LogP contribution < -0.4 is 5.32 Å². The molecule has 0 aliphatic carbocycles. The van der Waals surface area contributed by atoms with Crippen molar-refractivity contribution in [3.63, 3.8) is 0 Å². The van der Waals surface area contributed by atoms with Crippen molar-refractivity contribution in [3.8, 4) is 0 Å². The van der Waals surface area contributed by atoms with E-state index < -0.39 is 0 Å². The van der Waals surface area contributed by atoms with Crippen molar-refractivity contribution in [1.82, 2.24) is 10.2 Å². The van der Waals surface area contributed by atoms with Crippen LogP contribution in [0.4, 0.5) is 0 Å². The number of hydrogen-bond acceptors (Lipinski definition) is 2. The first kappa shape index (κ1) is 10.0. The largest absolute Gasteiger partial charge is 0.315 e. The summed E-state index contributed by atoms with van der Waals surface area (Å²) in [7, 11) is 0. The first-order valence-corrected chi connectivity index (χ1v) is 5.18. The zero-order valence-electron chi connectivity index (χ0n) is 8.64. The molecule has 1 heterocycles. The molecule has 1 N–H and O–H groups in total. The fraction of sp³-hybridized carbons (Fsp3) is 1.00. The summed E-state index contributed by atoms with van der Waals surface area (Å²) >= 11 is 0. The van der Waals surface area contributed by atoms with Gasteiger partial charge in [0.25, 0.3) is 0 Å². The summed E-state index contributed by atoms with van der Waals surface area (Å²) in [6, 6.07) is 0.646. The van der Waals surface area contributed by atoms with Gasteiger partial charge in [0.15, 0.2) is 0 Å². The van der Waals surface area contributed by atoms with Gasteiger partial charge in [-0.25, -0.2) is 0 Å². The summed E-state index contributed by atoms with van der Waals surface area (Å²) in [4.78, 5) is 2.50. The number of rotatable bonds is 5. The van der Waals surface area contributed by atoms with E-state index >= 15 is 0 Å². The number of hydrogen-bond donors (Lipinski definition) is 1. The fourth-order valence-corrected chi connectivity index (χ4v) is 1.69. The third kappa shape index (κ3) is 3.11. The Morgan fingerprint density at radius 2 is 2.08 bits per heavy atom. The third-order valence-corrected chi connectivity index (χ3v) is 2.59. The number of nitrogens with zero attached hydrogens (tertiary/aromatic N) is 1. The molecule has 72 valence electrons. The molecule has 0 atom stereocenters. The zero-order valence-corrected chi connectivity index (χ0v) is 8.64. The van der Waals surface area contributed by atoms with E-state index in [1.807, 2.05) is 0 Å². The first-order valence-electron chi connectivity index (χ1n) is 5.18. The van der Waals surface area contributed by atoms with Crippen LogP contribution in [0.15, 0.2) is 0 Å². The molecule has 0 bridgehead atoms. The lowest BCUT2D eigenvalue weighted by Gasteiger charge is -2.38. The van der Waals surface area contributed by atoms with E-state index in [9.17, 15) is 0 Å². The second kappa shape index (κ2) is 4.83. The van der Waals surface area contributed by atoms with Gasteiger partial charge in [-0.1, -0.05) is 20.8 Å². The molecule has 2 heteroatoms. The minimum Gasteiger partial charge on any atom is -0.315 e. The maximum absolute atomic E-state index is 3.46. The SMILES string of the molecule is CCN1CC(CCNC(C)C)C1. The van der Waals surface area contributed by atoms with E-state index in [1.54, 1.807) is 0 Å². The van der Waals surface area contributed by atoms with Gasteiger partial charge in [-0.2, -0.15) is 0 Å². The molecule has 0 saturated carbocycles. The van der Waals surface area contributed by atoms with Gasteiger partial charge >= 0.3 is 0 Å². The van der Waals surface area contributed by atoms with Gasteiger partial charge in [0.1, 0.15) is 0 Å². The molecule has 1 aliphatic heterocycles. The van der Waals surface area contributed by atoms with Crippen molar-refractivity contribution < 1.29 is 0 Å². The van der Waals surface area contributed by atoms with Gasteiger partial charge in [-0.05, 0) is 25.4 Å². The Morgan fingerprint density at radius 1 is 1.42 bits per heavy atom. The van der Waals surface area contributed by atoms with E-state index in [4.69, 9.17) is 0 Å². The van der Waals surface area contributed by atoms with E-state index in [0.717, 1.165) is 5.92 Å². The molecule has 0 radical (unpaired) electrons. The van der Waals surface area contributed by atoms with Gasteiger partial charge < -0.3 is 10.2 Å². The lowest BCUT2D eigenvalue weighted by atomic mass is 9.96. The minimum atomic E-state index is 0.646. The maximum Gasteiger partial charge on any atom is 0.00224 e. The van der Waals surface area contributed by atoms with Crippen LogP contribution in [0.2, 0.25) is 0 Å². The first-order chi connectivity index (χ1) is 5.72. The summed E-state index contributed by atoms with van der Waals surface area (Å²) in [6.45, 7) is 11.7. The lowest BCUT2D eigenvalue weighted by Crippen LogP contribution is -2.47. The van der Waals surface area contributed by atoms with Gasteiger partial charge in [-0.3, -0.25) is 0 Å². The molecule has 1 aliphatic rings. The van der Waals surface area contributed by atoms with Crippen molar-refractivity contribution in [1.29, 1.82) is 0 Å². The highest BCUT2D eigenvalue weighted by Crippen LogP contribution is 2.17. The molecule has 0 aromatic rings. The Labute approximate surface area is 76.3 Å². The Hall–Kier alpha value is -0.0800. The van der Waals surface area contributed by atoms with Crippen molar-refractivity contribution in [2.75, 3.05) is 26.2 Å². The summed E-state index contributed by atoms with van der Waals surface area (Å²) < 4.78 is 0. The summed E-state index contributed by atoms with van der Waals surface area (Å²) in [5, 5.41) is 3.46. The molecule has 1 saturated heterocycles. The monoisotopic (exact) mass is 170 g/mol. The lowest BCUT2D eigenvalue weighted by molar-refractivity contribution is 0.101. The molecule has 1 fully saturated rings. The summed E-state index contributed by atoms with van der Waals surface area (Å²) in [5.41, 5.74) is 0. The third-order valence-electron chi connectivity index (χ3n) is 2.59. The molecular formula is C10H22N2. The topological polar surface area (TPSA) is 15.3 Å².